The first-order valence-electron chi connectivity index (χ1n) is 8.82. The van der Waals surface area contributed by atoms with E-state index in [9.17, 15) is 9.59 Å². The number of rotatable bonds is 6. The molecule has 7 heteroatoms. The van der Waals surface area contributed by atoms with E-state index in [0.29, 0.717) is 22.8 Å². The molecular weight excluding hydrogens is 374 g/mol. The molecule has 3 aromatic rings. The minimum atomic E-state index is -0.287. The number of thiazole rings is 1. The monoisotopic (exact) mass is 395 g/mol. The number of nitrogens with zero attached hydrogens (tertiary/aromatic N) is 1. The molecule has 1 aromatic heterocycles. The number of carbonyl (C=O) groups excluding carboxylic acids is 2. The number of hydrogen-bond acceptors (Lipinski definition) is 5. The van der Waals surface area contributed by atoms with Crippen LogP contribution >= 0.6 is 11.3 Å². The Morgan fingerprint density at radius 1 is 1.14 bits per heavy atom. The average Bonchev–Trinajstić information content (AvgIpc) is 3.16. The number of benzene rings is 2. The highest BCUT2D eigenvalue weighted by Gasteiger charge is 2.13. The van der Waals surface area contributed by atoms with Crippen molar-refractivity contribution in [2.45, 2.75) is 20.3 Å². The lowest BCUT2D eigenvalue weighted by atomic mass is 10.1. The van der Waals surface area contributed by atoms with Crippen molar-refractivity contribution in [2.75, 3.05) is 17.7 Å². The van der Waals surface area contributed by atoms with Crippen molar-refractivity contribution >= 4 is 34.0 Å². The first kappa shape index (κ1) is 19.6. The van der Waals surface area contributed by atoms with Gasteiger partial charge in [0.15, 0.2) is 5.13 Å². The first-order chi connectivity index (χ1) is 13.5. The van der Waals surface area contributed by atoms with Crippen LogP contribution in [0.1, 0.15) is 29.3 Å². The molecule has 0 saturated heterocycles. The van der Waals surface area contributed by atoms with Crippen molar-refractivity contribution in [3.05, 3.63) is 59.0 Å². The second-order valence-corrected chi connectivity index (χ2v) is 7.04. The largest absolute Gasteiger partial charge is 0.496 e. The maximum absolute atomic E-state index is 12.6. The standard InChI is InChI=1S/C21H21N3O3S/c1-4-19(25)22-15-7-5-6-14(11-15)20(26)24-21-23-17(12-28-21)16-10-13(2)8-9-18(16)27-3/h5-12H,4H2,1-3H3,(H,22,25)(H,23,24,26). The van der Waals surface area contributed by atoms with Gasteiger partial charge >= 0.3 is 0 Å². The van der Waals surface area contributed by atoms with Crippen LogP contribution in [0.3, 0.4) is 0 Å². The fraction of sp³-hybridized carbons (Fsp3) is 0.190. The van der Waals surface area contributed by atoms with Gasteiger partial charge in [-0.3, -0.25) is 14.9 Å². The SMILES string of the molecule is CCC(=O)Nc1cccc(C(=O)Nc2nc(-c3cc(C)ccc3OC)cs2)c1. The zero-order valence-electron chi connectivity index (χ0n) is 15.9. The topological polar surface area (TPSA) is 80.3 Å². The molecule has 2 N–H and O–H groups in total. The number of aromatic nitrogens is 1. The summed E-state index contributed by atoms with van der Waals surface area (Å²) in [4.78, 5) is 28.6. The molecule has 3 rings (SSSR count). The number of amides is 2. The highest BCUT2D eigenvalue weighted by molar-refractivity contribution is 7.14. The summed E-state index contributed by atoms with van der Waals surface area (Å²) < 4.78 is 5.41. The first-order valence-corrected chi connectivity index (χ1v) is 9.70. The van der Waals surface area contributed by atoms with Crippen LogP contribution in [-0.4, -0.2) is 23.9 Å². The van der Waals surface area contributed by atoms with Crippen molar-refractivity contribution in [3.8, 4) is 17.0 Å². The van der Waals surface area contributed by atoms with E-state index < -0.39 is 0 Å². The van der Waals surface area contributed by atoms with Gasteiger partial charge in [-0.25, -0.2) is 4.98 Å². The number of methoxy groups -OCH3 is 1. The number of nitrogens with one attached hydrogen (secondary N) is 2. The van der Waals surface area contributed by atoms with Gasteiger partial charge in [0.1, 0.15) is 5.75 Å². The Morgan fingerprint density at radius 2 is 1.96 bits per heavy atom. The number of carbonyl (C=O) groups is 2. The molecule has 6 nitrogen and oxygen atoms in total. The molecule has 0 spiro atoms. The van der Waals surface area contributed by atoms with Crippen LogP contribution in [0.15, 0.2) is 47.8 Å². The van der Waals surface area contributed by atoms with E-state index in [2.05, 4.69) is 15.6 Å². The molecule has 2 aromatic carbocycles. The van der Waals surface area contributed by atoms with Crippen LogP contribution in [0.5, 0.6) is 5.75 Å². The van der Waals surface area contributed by atoms with Crippen LogP contribution in [0.2, 0.25) is 0 Å². The highest BCUT2D eigenvalue weighted by Crippen LogP contribution is 2.33. The van der Waals surface area contributed by atoms with Gasteiger partial charge in [0.2, 0.25) is 5.91 Å². The predicted molar refractivity (Wildman–Crippen MR) is 112 cm³/mol. The summed E-state index contributed by atoms with van der Waals surface area (Å²) in [5.41, 5.74) is 3.75. The molecule has 0 fully saturated rings. The molecule has 28 heavy (non-hydrogen) atoms. The number of hydrogen-bond donors (Lipinski definition) is 2. The number of ether oxygens (including phenoxy) is 1. The Morgan fingerprint density at radius 3 is 2.71 bits per heavy atom. The smallest absolute Gasteiger partial charge is 0.257 e. The predicted octanol–water partition coefficient (Wildman–Crippen LogP) is 4.73. The highest BCUT2D eigenvalue weighted by atomic mass is 32.1. The van der Waals surface area contributed by atoms with E-state index in [1.807, 2.05) is 30.5 Å². The average molecular weight is 395 g/mol. The lowest BCUT2D eigenvalue weighted by molar-refractivity contribution is -0.115. The molecular formula is C21H21N3O3S. The third-order valence-corrected chi connectivity index (χ3v) is 4.84. The van der Waals surface area contributed by atoms with Crippen molar-refractivity contribution in [1.82, 2.24) is 4.98 Å². The van der Waals surface area contributed by atoms with Crippen LogP contribution in [-0.2, 0) is 4.79 Å². The fourth-order valence-corrected chi connectivity index (χ4v) is 3.34. The Bertz CT molecular complexity index is 1010. The van der Waals surface area contributed by atoms with Crippen LogP contribution in [0.4, 0.5) is 10.8 Å². The van der Waals surface area contributed by atoms with Gasteiger partial charge in [-0.05, 0) is 37.3 Å². The zero-order chi connectivity index (χ0) is 20.1. The summed E-state index contributed by atoms with van der Waals surface area (Å²) in [6.07, 6.45) is 0.376. The summed E-state index contributed by atoms with van der Waals surface area (Å²) in [5.74, 6) is 0.340. The fourth-order valence-electron chi connectivity index (χ4n) is 2.63. The quantitative estimate of drug-likeness (QED) is 0.632. The van der Waals surface area contributed by atoms with Crippen molar-refractivity contribution < 1.29 is 14.3 Å². The Hall–Kier alpha value is -3.19. The van der Waals surface area contributed by atoms with E-state index >= 15 is 0 Å². The summed E-state index contributed by atoms with van der Waals surface area (Å²) in [7, 11) is 1.62. The van der Waals surface area contributed by atoms with Gasteiger partial charge in [-0.1, -0.05) is 24.6 Å². The molecule has 0 saturated carbocycles. The van der Waals surface area contributed by atoms with Crippen molar-refractivity contribution in [3.63, 3.8) is 0 Å². The van der Waals surface area contributed by atoms with Gasteiger partial charge in [0.05, 0.1) is 12.8 Å². The normalized spacial score (nSPS) is 10.4. The van der Waals surface area contributed by atoms with Gasteiger partial charge in [0.25, 0.3) is 5.91 Å². The number of aryl methyl sites for hydroxylation is 1. The summed E-state index contributed by atoms with van der Waals surface area (Å²) in [5, 5.41) is 7.93. The third-order valence-electron chi connectivity index (χ3n) is 4.09. The lowest BCUT2D eigenvalue weighted by Gasteiger charge is -2.07. The molecule has 0 atom stereocenters. The second kappa shape index (κ2) is 8.67. The molecule has 144 valence electrons. The van der Waals surface area contributed by atoms with Crippen LogP contribution in [0.25, 0.3) is 11.3 Å². The Balaban J connectivity index is 1.77. The van der Waals surface area contributed by atoms with E-state index in [-0.39, 0.29) is 11.8 Å². The van der Waals surface area contributed by atoms with E-state index in [4.69, 9.17) is 4.74 Å². The molecule has 0 unspecified atom stereocenters. The van der Waals surface area contributed by atoms with Gasteiger partial charge in [0, 0.05) is 28.6 Å². The maximum atomic E-state index is 12.6. The third kappa shape index (κ3) is 4.55. The molecule has 0 aliphatic heterocycles. The molecule has 0 aliphatic rings. The maximum Gasteiger partial charge on any atom is 0.257 e. The van der Waals surface area contributed by atoms with Gasteiger partial charge < -0.3 is 10.1 Å². The minimum Gasteiger partial charge on any atom is -0.496 e. The molecule has 0 aliphatic carbocycles. The minimum absolute atomic E-state index is 0.103. The second-order valence-electron chi connectivity index (χ2n) is 6.18. The summed E-state index contributed by atoms with van der Waals surface area (Å²) in [6, 6.07) is 12.7. The van der Waals surface area contributed by atoms with Crippen LogP contribution in [0, 0.1) is 6.92 Å². The van der Waals surface area contributed by atoms with Crippen LogP contribution < -0.4 is 15.4 Å². The Kier molecular flexibility index (Phi) is 6.06. The van der Waals surface area contributed by atoms with Crippen molar-refractivity contribution in [1.29, 1.82) is 0 Å². The lowest BCUT2D eigenvalue weighted by Crippen LogP contribution is -2.13. The molecule has 0 bridgehead atoms. The van der Waals surface area contributed by atoms with E-state index in [1.165, 1.54) is 11.3 Å². The zero-order valence-corrected chi connectivity index (χ0v) is 16.7. The van der Waals surface area contributed by atoms with Crippen molar-refractivity contribution in [2.24, 2.45) is 0 Å². The number of anilines is 2. The van der Waals surface area contributed by atoms with E-state index in [1.54, 1.807) is 38.3 Å². The summed E-state index contributed by atoms with van der Waals surface area (Å²) >= 11 is 1.34. The Labute approximate surface area is 167 Å². The van der Waals surface area contributed by atoms with E-state index in [0.717, 1.165) is 22.6 Å². The molecule has 0 radical (unpaired) electrons. The molecule has 1 heterocycles. The van der Waals surface area contributed by atoms with Gasteiger partial charge in [-0.15, -0.1) is 11.3 Å². The summed E-state index contributed by atoms with van der Waals surface area (Å²) in [6.45, 7) is 3.78. The van der Waals surface area contributed by atoms with Gasteiger partial charge in [-0.2, -0.15) is 0 Å². The molecule has 2 amide bonds.